The summed E-state index contributed by atoms with van der Waals surface area (Å²) in [5, 5.41) is 0. The second-order valence-corrected chi connectivity index (χ2v) is 8.19. The van der Waals surface area contributed by atoms with Gasteiger partial charge in [0.2, 0.25) is 16.8 Å². The Morgan fingerprint density at radius 1 is 0.929 bits per heavy atom. The molecule has 0 radical (unpaired) electrons. The van der Waals surface area contributed by atoms with Crippen LogP contribution in [0.2, 0.25) is 0 Å². The lowest BCUT2D eigenvalue weighted by atomic mass is 10.1. The zero-order valence-electron chi connectivity index (χ0n) is 14.6. The van der Waals surface area contributed by atoms with Crippen molar-refractivity contribution in [2.24, 2.45) is 0 Å². The normalized spacial score (nSPS) is 17.0. The number of nitrogens with zero attached hydrogens (tertiary/aromatic N) is 2. The number of fused-ring (bicyclic) bond motifs is 1. The summed E-state index contributed by atoms with van der Waals surface area (Å²) < 4.78 is 64.5. The van der Waals surface area contributed by atoms with Gasteiger partial charge in [0.25, 0.3) is 5.91 Å². The molecule has 28 heavy (non-hydrogen) atoms. The molecule has 4 rings (SSSR count). The van der Waals surface area contributed by atoms with Crippen LogP contribution in [0, 0.1) is 11.6 Å². The fraction of sp³-hybridized carbons (Fsp3) is 0.278. The van der Waals surface area contributed by atoms with E-state index in [0.717, 1.165) is 22.5 Å². The van der Waals surface area contributed by atoms with E-state index < -0.39 is 26.6 Å². The van der Waals surface area contributed by atoms with E-state index in [4.69, 9.17) is 9.47 Å². The zero-order valence-corrected chi connectivity index (χ0v) is 15.4. The van der Waals surface area contributed by atoms with Crippen LogP contribution in [0.4, 0.5) is 8.78 Å². The molecule has 1 fully saturated rings. The Labute approximate surface area is 160 Å². The summed E-state index contributed by atoms with van der Waals surface area (Å²) in [4.78, 5) is 13.2. The summed E-state index contributed by atoms with van der Waals surface area (Å²) in [6.45, 7) is 0.167. The summed E-state index contributed by atoms with van der Waals surface area (Å²) >= 11 is 0. The molecule has 2 aliphatic rings. The minimum absolute atomic E-state index is 0.0631. The molecule has 148 valence electrons. The molecule has 0 aromatic heterocycles. The van der Waals surface area contributed by atoms with Crippen LogP contribution >= 0.6 is 0 Å². The van der Waals surface area contributed by atoms with E-state index in [9.17, 15) is 22.0 Å². The maximum Gasteiger partial charge on any atom is 0.254 e. The number of hydrogen-bond donors (Lipinski definition) is 0. The fourth-order valence-corrected chi connectivity index (χ4v) is 4.73. The lowest BCUT2D eigenvalue weighted by Gasteiger charge is -2.34. The topological polar surface area (TPSA) is 76.2 Å². The summed E-state index contributed by atoms with van der Waals surface area (Å²) in [6.07, 6.45) is 0. The molecule has 0 N–H and O–H groups in total. The summed E-state index contributed by atoms with van der Waals surface area (Å²) in [7, 11) is -4.34. The third-order valence-corrected chi connectivity index (χ3v) is 6.61. The van der Waals surface area contributed by atoms with Crippen LogP contribution in [0.1, 0.15) is 10.4 Å². The van der Waals surface area contributed by atoms with Crippen LogP contribution in [-0.4, -0.2) is 56.5 Å². The maximum absolute atomic E-state index is 13.9. The number of piperazine rings is 1. The number of sulfonamides is 1. The van der Waals surface area contributed by atoms with Crippen molar-refractivity contribution in [2.45, 2.75) is 4.90 Å². The molecule has 0 bridgehead atoms. The van der Waals surface area contributed by atoms with Gasteiger partial charge in [0, 0.05) is 31.7 Å². The van der Waals surface area contributed by atoms with Gasteiger partial charge in [-0.25, -0.2) is 17.2 Å². The van der Waals surface area contributed by atoms with Crippen molar-refractivity contribution >= 4 is 15.9 Å². The number of benzene rings is 2. The van der Waals surface area contributed by atoms with Gasteiger partial charge in [-0.3, -0.25) is 4.79 Å². The Bertz CT molecular complexity index is 1020. The van der Waals surface area contributed by atoms with Crippen LogP contribution in [-0.2, 0) is 10.0 Å². The van der Waals surface area contributed by atoms with E-state index in [2.05, 4.69) is 0 Å². The summed E-state index contributed by atoms with van der Waals surface area (Å²) in [5.74, 6) is -1.54. The average Bonchev–Trinajstić information content (AvgIpc) is 3.15. The minimum Gasteiger partial charge on any atom is -0.454 e. The Hall–Kier alpha value is -2.72. The second-order valence-electron chi connectivity index (χ2n) is 6.32. The van der Waals surface area contributed by atoms with Crippen molar-refractivity contribution in [2.75, 3.05) is 33.0 Å². The highest BCUT2D eigenvalue weighted by Crippen LogP contribution is 2.33. The predicted octanol–water partition coefficient (Wildman–Crippen LogP) is 1.84. The van der Waals surface area contributed by atoms with Crippen molar-refractivity contribution in [3.8, 4) is 11.5 Å². The highest BCUT2D eigenvalue weighted by atomic mass is 32.2. The van der Waals surface area contributed by atoms with Crippen molar-refractivity contribution in [3.05, 3.63) is 53.6 Å². The predicted molar refractivity (Wildman–Crippen MR) is 93.6 cm³/mol. The quantitative estimate of drug-likeness (QED) is 0.772. The van der Waals surface area contributed by atoms with Crippen LogP contribution in [0.5, 0.6) is 11.5 Å². The van der Waals surface area contributed by atoms with Gasteiger partial charge in [-0.05, 0) is 30.3 Å². The number of rotatable bonds is 3. The van der Waals surface area contributed by atoms with Gasteiger partial charge in [0.15, 0.2) is 16.4 Å². The molecule has 0 unspecified atom stereocenters. The Morgan fingerprint density at radius 2 is 1.57 bits per heavy atom. The Morgan fingerprint density at radius 3 is 2.25 bits per heavy atom. The number of ether oxygens (including phenoxy) is 2. The third kappa shape index (κ3) is 3.18. The lowest BCUT2D eigenvalue weighted by molar-refractivity contribution is 0.0697. The highest BCUT2D eigenvalue weighted by molar-refractivity contribution is 7.89. The first-order valence-electron chi connectivity index (χ1n) is 8.51. The van der Waals surface area contributed by atoms with Gasteiger partial charge in [-0.15, -0.1) is 0 Å². The Kier molecular flexibility index (Phi) is 4.68. The standard InChI is InChI=1S/C18H16F2N2O5S/c19-13-2-1-3-14(20)17(13)28(24,25)22-8-6-21(7-9-22)18(23)12-4-5-15-16(10-12)27-11-26-15/h1-5,10H,6-9,11H2. The van der Waals surface area contributed by atoms with Crippen LogP contribution < -0.4 is 9.47 Å². The molecule has 0 aliphatic carbocycles. The minimum atomic E-state index is -4.34. The second kappa shape index (κ2) is 7.02. The van der Waals surface area contributed by atoms with Gasteiger partial charge in [-0.1, -0.05) is 6.07 Å². The fourth-order valence-electron chi connectivity index (χ4n) is 3.20. The van der Waals surface area contributed by atoms with E-state index in [-0.39, 0.29) is 38.9 Å². The van der Waals surface area contributed by atoms with Crippen molar-refractivity contribution in [1.29, 1.82) is 0 Å². The van der Waals surface area contributed by atoms with Crippen LogP contribution in [0.25, 0.3) is 0 Å². The largest absolute Gasteiger partial charge is 0.454 e. The zero-order chi connectivity index (χ0) is 19.9. The number of carbonyl (C=O) groups excluding carboxylic acids is 1. The van der Waals surface area contributed by atoms with E-state index in [1.165, 1.54) is 4.90 Å². The molecule has 1 amide bonds. The number of amides is 1. The van der Waals surface area contributed by atoms with Gasteiger partial charge < -0.3 is 14.4 Å². The highest BCUT2D eigenvalue weighted by Gasteiger charge is 2.34. The summed E-state index contributed by atoms with van der Waals surface area (Å²) in [5.41, 5.74) is 0.390. The molecule has 1 saturated heterocycles. The molecule has 0 spiro atoms. The van der Waals surface area contributed by atoms with Crippen LogP contribution in [0.3, 0.4) is 0 Å². The molecule has 2 aromatic rings. The van der Waals surface area contributed by atoms with Gasteiger partial charge in [0.05, 0.1) is 0 Å². The first-order valence-corrected chi connectivity index (χ1v) is 9.95. The van der Waals surface area contributed by atoms with Crippen molar-refractivity contribution in [3.63, 3.8) is 0 Å². The summed E-state index contributed by atoms with van der Waals surface area (Å²) in [6, 6.07) is 7.71. The van der Waals surface area contributed by atoms with Crippen molar-refractivity contribution < 1.29 is 31.5 Å². The van der Waals surface area contributed by atoms with Gasteiger partial charge >= 0.3 is 0 Å². The number of carbonyl (C=O) groups is 1. The van der Waals surface area contributed by atoms with E-state index in [1.807, 2.05) is 0 Å². The average molecular weight is 410 g/mol. The number of halogens is 2. The third-order valence-electron chi connectivity index (χ3n) is 4.66. The molecule has 10 heteroatoms. The number of hydrogen-bond acceptors (Lipinski definition) is 5. The molecular weight excluding hydrogens is 394 g/mol. The van der Waals surface area contributed by atoms with E-state index in [0.29, 0.717) is 17.1 Å². The molecule has 2 heterocycles. The van der Waals surface area contributed by atoms with Crippen LogP contribution in [0.15, 0.2) is 41.3 Å². The first-order chi connectivity index (χ1) is 13.4. The monoisotopic (exact) mass is 410 g/mol. The molecule has 2 aromatic carbocycles. The van der Waals surface area contributed by atoms with Gasteiger partial charge in [0.1, 0.15) is 11.6 Å². The Balaban J connectivity index is 1.48. The van der Waals surface area contributed by atoms with E-state index >= 15 is 0 Å². The lowest BCUT2D eigenvalue weighted by Crippen LogP contribution is -2.50. The van der Waals surface area contributed by atoms with Crippen molar-refractivity contribution in [1.82, 2.24) is 9.21 Å². The molecular formula is C18H16F2N2O5S. The van der Waals surface area contributed by atoms with Gasteiger partial charge in [-0.2, -0.15) is 4.31 Å². The maximum atomic E-state index is 13.9. The molecule has 7 nitrogen and oxygen atoms in total. The molecule has 2 aliphatic heterocycles. The molecule has 0 atom stereocenters. The smallest absolute Gasteiger partial charge is 0.254 e. The molecule has 0 saturated carbocycles. The van der Waals surface area contributed by atoms with E-state index in [1.54, 1.807) is 18.2 Å². The SMILES string of the molecule is O=C(c1ccc2c(c1)OCO2)N1CCN(S(=O)(=O)c2c(F)cccc2F)CC1. The first kappa shape index (κ1) is 18.6.